The minimum absolute atomic E-state index is 0.269. The molecule has 0 saturated heterocycles. The molecule has 0 amide bonds. The summed E-state index contributed by atoms with van der Waals surface area (Å²) in [5.41, 5.74) is -0.404. The molecule has 1 radical (unpaired) electrons. The predicted molar refractivity (Wildman–Crippen MR) is 50.0 cm³/mol. The fourth-order valence-electron chi connectivity index (χ4n) is 1.23. The first kappa shape index (κ1) is 8.43. The zero-order valence-corrected chi connectivity index (χ0v) is 6.96. The molecule has 2 N–H and O–H groups in total. The molecule has 2 aromatic rings. The van der Waals surface area contributed by atoms with E-state index in [1.165, 1.54) is 18.2 Å². The Kier molecular flexibility index (Phi) is 1.78. The molecule has 0 spiro atoms. The van der Waals surface area contributed by atoms with E-state index in [4.69, 9.17) is 0 Å². The average Bonchev–Trinajstić information content (AvgIpc) is 2.17. The van der Waals surface area contributed by atoms with Crippen LogP contribution in [0.2, 0.25) is 0 Å². The van der Waals surface area contributed by atoms with Crippen LogP contribution < -0.4 is 11.2 Å². The Morgan fingerprint density at radius 2 is 1.93 bits per heavy atom. The van der Waals surface area contributed by atoms with Crippen molar-refractivity contribution in [3.8, 4) is 0 Å². The maximum absolute atomic E-state index is 11.3. The van der Waals surface area contributed by atoms with E-state index < -0.39 is 11.2 Å². The van der Waals surface area contributed by atoms with Gasteiger partial charge in [-0.3, -0.25) is 14.6 Å². The molecular weight excluding hydrogens is 184 g/mol. The van der Waals surface area contributed by atoms with E-state index in [1.807, 2.05) is 0 Å². The van der Waals surface area contributed by atoms with Crippen molar-refractivity contribution < 1.29 is 4.79 Å². The summed E-state index contributed by atoms with van der Waals surface area (Å²) in [6.07, 6.45) is 1.67. The third kappa shape index (κ3) is 1.24. The van der Waals surface area contributed by atoms with Crippen LogP contribution in [0.1, 0.15) is 5.56 Å². The first-order valence-corrected chi connectivity index (χ1v) is 3.85. The number of benzene rings is 1. The molecule has 5 nitrogen and oxygen atoms in total. The Morgan fingerprint density at radius 1 is 1.14 bits per heavy atom. The van der Waals surface area contributed by atoms with Crippen LogP contribution in [0, 0.1) is 0 Å². The monoisotopic (exact) mass is 189 g/mol. The highest BCUT2D eigenvalue weighted by atomic mass is 16.2. The number of aromatic amines is 2. The van der Waals surface area contributed by atoms with Gasteiger partial charge in [0.05, 0.1) is 10.9 Å². The number of rotatable bonds is 1. The SMILES string of the molecule is O=[C]c1ccc2[nH]c(=O)[nH]c(=O)c2c1. The maximum Gasteiger partial charge on any atom is 0.326 e. The van der Waals surface area contributed by atoms with E-state index in [1.54, 1.807) is 6.29 Å². The Labute approximate surface area is 77.4 Å². The van der Waals surface area contributed by atoms with E-state index >= 15 is 0 Å². The number of nitrogens with one attached hydrogen (secondary N) is 2. The number of H-pyrrole nitrogens is 2. The van der Waals surface area contributed by atoms with Crippen LogP contribution in [0.3, 0.4) is 0 Å². The van der Waals surface area contributed by atoms with Crippen molar-refractivity contribution in [3.05, 3.63) is 44.6 Å². The average molecular weight is 189 g/mol. The molecular formula is C9H5N2O3. The molecule has 1 aromatic carbocycles. The summed E-state index contributed by atoms with van der Waals surface area (Å²) in [6.45, 7) is 0. The first-order valence-electron chi connectivity index (χ1n) is 3.85. The van der Waals surface area contributed by atoms with Gasteiger partial charge in [-0.05, 0) is 18.2 Å². The standard InChI is InChI=1S/C9H5N2O3/c12-4-5-1-2-7-6(3-5)8(13)11-9(14)10-7/h1-3H,(H2,10,11,13,14). The summed E-state index contributed by atoms with van der Waals surface area (Å²) in [5, 5.41) is 0.269. The Hall–Kier alpha value is -2.17. The lowest BCUT2D eigenvalue weighted by atomic mass is 10.2. The van der Waals surface area contributed by atoms with Crippen molar-refractivity contribution in [2.75, 3.05) is 0 Å². The van der Waals surface area contributed by atoms with Gasteiger partial charge in [-0.2, -0.15) is 0 Å². The minimum Gasteiger partial charge on any atom is -0.307 e. The molecule has 0 aliphatic heterocycles. The second-order valence-corrected chi connectivity index (χ2v) is 2.77. The zero-order chi connectivity index (χ0) is 10.1. The third-order valence-corrected chi connectivity index (χ3v) is 1.86. The highest BCUT2D eigenvalue weighted by Gasteiger charge is 2.01. The zero-order valence-electron chi connectivity index (χ0n) is 6.96. The first-order chi connectivity index (χ1) is 6.70. The topological polar surface area (TPSA) is 82.8 Å². The van der Waals surface area contributed by atoms with Crippen LogP contribution in [-0.2, 0) is 4.79 Å². The molecule has 0 aliphatic carbocycles. The summed E-state index contributed by atoms with van der Waals surface area (Å²) >= 11 is 0. The summed E-state index contributed by atoms with van der Waals surface area (Å²) in [6, 6.07) is 4.34. The van der Waals surface area contributed by atoms with Gasteiger partial charge in [0.25, 0.3) is 5.56 Å². The molecule has 0 aliphatic rings. The molecule has 1 heterocycles. The minimum atomic E-state index is -0.565. The number of carbonyl (C=O) groups excluding carboxylic acids is 1. The predicted octanol–water partition coefficient (Wildman–Crippen LogP) is -0.326. The molecule has 0 unspecified atom stereocenters. The van der Waals surface area contributed by atoms with E-state index in [0.717, 1.165) is 0 Å². The summed E-state index contributed by atoms with van der Waals surface area (Å²) in [5.74, 6) is 0. The van der Waals surface area contributed by atoms with Crippen molar-refractivity contribution in [1.82, 2.24) is 9.97 Å². The van der Waals surface area contributed by atoms with Gasteiger partial charge in [-0.15, -0.1) is 0 Å². The van der Waals surface area contributed by atoms with Crippen molar-refractivity contribution in [3.63, 3.8) is 0 Å². The molecule has 0 atom stereocenters. The fraction of sp³-hybridized carbons (Fsp3) is 0. The maximum atomic E-state index is 11.3. The Balaban J connectivity index is 2.96. The highest BCUT2D eigenvalue weighted by Crippen LogP contribution is 2.06. The van der Waals surface area contributed by atoms with E-state index in [9.17, 15) is 14.4 Å². The molecule has 5 heteroatoms. The molecule has 0 bridgehead atoms. The fourth-order valence-corrected chi connectivity index (χ4v) is 1.23. The summed E-state index contributed by atoms with van der Waals surface area (Å²) in [4.78, 5) is 37.0. The van der Waals surface area contributed by atoms with Gasteiger partial charge in [0.2, 0.25) is 6.29 Å². The van der Waals surface area contributed by atoms with Gasteiger partial charge in [0.1, 0.15) is 0 Å². The molecule has 1 aromatic heterocycles. The van der Waals surface area contributed by atoms with Crippen LogP contribution in [0.25, 0.3) is 10.9 Å². The highest BCUT2D eigenvalue weighted by molar-refractivity contribution is 5.86. The number of aromatic nitrogens is 2. The molecule has 69 valence electrons. The van der Waals surface area contributed by atoms with E-state index in [-0.39, 0.29) is 10.9 Å². The molecule has 0 fully saturated rings. The second kappa shape index (κ2) is 2.95. The normalized spacial score (nSPS) is 10.3. The van der Waals surface area contributed by atoms with Crippen LogP contribution in [-0.4, -0.2) is 16.3 Å². The lowest BCUT2D eigenvalue weighted by molar-refractivity contribution is 0.563. The van der Waals surface area contributed by atoms with Crippen molar-refractivity contribution >= 4 is 17.2 Å². The number of hydrogen-bond acceptors (Lipinski definition) is 3. The van der Waals surface area contributed by atoms with Gasteiger partial charge in [-0.1, -0.05) is 0 Å². The number of hydrogen-bond donors (Lipinski definition) is 2. The van der Waals surface area contributed by atoms with E-state index in [0.29, 0.717) is 5.52 Å². The van der Waals surface area contributed by atoms with Crippen LogP contribution >= 0.6 is 0 Å². The smallest absolute Gasteiger partial charge is 0.307 e. The molecule has 2 rings (SSSR count). The van der Waals surface area contributed by atoms with Crippen LogP contribution in [0.4, 0.5) is 0 Å². The van der Waals surface area contributed by atoms with E-state index in [2.05, 4.69) is 9.97 Å². The van der Waals surface area contributed by atoms with Gasteiger partial charge >= 0.3 is 5.69 Å². The Morgan fingerprint density at radius 3 is 2.64 bits per heavy atom. The van der Waals surface area contributed by atoms with Crippen LogP contribution in [0.5, 0.6) is 0 Å². The van der Waals surface area contributed by atoms with Gasteiger partial charge in [-0.25, -0.2) is 4.79 Å². The van der Waals surface area contributed by atoms with Gasteiger partial charge in [0, 0.05) is 5.56 Å². The van der Waals surface area contributed by atoms with Crippen molar-refractivity contribution in [1.29, 1.82) is 0 Å². The largest absolute Gasteiger partial charge is 0.326 e. The lowest BCUT2D eigenvalue weighted by Gasteiger charge is -1.95. The quantitative estimate of drug-likeness (QED) is 0.644. The number of fused-ring (bicyclic) bond motifs is 1. The molecule has 14 heavy (non-hydrogen) atoms. The third-order valence-electron chi connectivity index (χ3n) is 1.86. The van der Waals surface area contributed by atoms with Gasteiger partial charge in [0.15, 0.2) is 0 Å². The summed E-state index contributed by atoms with van der Waals surface area (Å²) < 4.78 is 0. The lowest BCUT2D eigenvalue weighted by Crippen LogP contribution is -2.21. The Bertz CT molecular complexity index is 609. The van der Waals surface area contributed by atoms with Crippen LogP contribution in [0.15, 0.2) is 27.8 Å². The second-order valence-electron chi connectivity index (χ2n) is 2.77. The van der Waals surface area contributed by atoms with Gasteiger partial charge < -0.3 is 4.98 Å². The van der Waals surface area contributed by atoms with Crippen molar-refractivity contribution in [2.45, 2.75) is 0 Å². The van der Waals surface area contributed by atoms with Crippen molar-refractivity contribution in [2.24, 2.45) is 0 Å². The summed E-state index contributed by atoms with van der Waals surface area (Å²) in [7, 11) is 0. The molecule has 0 saturated carbocycles.